The Hall–Kier alpha value is -1.65. The maximum atomic E-state index is 12.4. The van der Waals surface area contributed by atoms with Gasteiger partial charge in [0.15, 0.2) is 0 Å². The summed E-state index contributed by atoms with van der Waals surface area (Å²) < 4.78 is 0. The average Bonchev–Trinajstić information content (AvgIpc) is 3.20. The van der Waals surface area contributed by atoms with Crippen LogP contribution in [0.5, 0.6) is 0 Å². The summed E-state index contributed by atoms with van der Waals surface area (Å²) in [6.45, 7) is 4.31. The van der Waals surface area contributed by atoms with E-state index in [2.05, 4.69) is 55.6 Å². The van der Waals surface area contributed by atoms with Gasteiger partial charge in [0.2, 0.25) is 5.91 Å². The zero-order valence-corrected chi connectivity index (χ0v) is 37.7. The van der Waals surface area contributed by atoms with E-state index in [0.717, 1.165) is 38.5 Å². The van der Waals surface area contributed by atoms with Crippen molar-refractivity contribution >= 4 is 5.91 Å². The standard InChI is InChI=1S/C52H97NO3/c1-3-5-7-9-11-13-15-17-19-21-22-23-24-25-26-27-28-29-30-32-34-36-38-40-42-44-46-48-52(56)53-50(49-54)51(55)47-45-43-41-39-37-35-33-31-20-18-16-14-12-10-8-6-4-2/h15,17,21-22,24-25,45,47,50-51,54-55H,3-14,16,18-20,23,26-44,46,48-49H2,1-2H3,(H,53,56)/b17-15-,22-21-,25-24-,47-45+. The number of hydrogen-bond donors (Lipinski definition) is 3. The molecule has 0 spiro atoms. The fourth-order valence-electron chi connectivity index (χ4n) is 7.48. The summed E-state index contributed by atoms with van der Waals surface area (Å²) in [5.74, 6) is -0.0652. The summed E-state index contributed by atoms with van der Waals surface area (Å²) in [5.41, 5.74) is 0. The van der Waals surface area contributed by atoms with Gasteiger partial charge in [-0.3, -0.25) is 4.79 Å². The fraction of sp³-hybridized carbons (Fsp3) is 0.827. The highest BCUT2D eigenvalue weighted by Crippen LogP contribution is 2.16. The molecule has 328 valence electrons. The molecular formula is C52H97NO3. The molecule has 4 nitrogen and oxygen atoms in total. The van der Waals surface area contributed by atoms with Gasteiger partial charge in [-0.2, -0.15) is 0 Å². The van der Waals surface area contributed by atoms with E-state index in [1.807, 2.05) is 6.08 Å². The van der Waals surface area contributed by atoms with Gasteiger partial charge in [0, 0.05) is 6.42 Å². The molecule has 2 atom stereocenters. The number of rotatable bonds is 45. The molecule has 2 unspecified atom stereocenters. The van der Waals surface area contributed by atoms with E-state index in [1.54, 1.807) is 6.08 Å². The van der Waals surface area contributed by atoms with Crippen LogP contribution in [0.2, 0.25) is 0 Å². The number of aliphatic hydroxyl groups excluding tert-OH is 2. The molecule has 56 heavy (non-hydrogen) atoms. The van der Waals surface area contributed by atoms with E-state index in [9.17, 15) is 15.0 Å². The van der Waals surface area contributed by atoms with Crippen LogP contribution in [0.3, 0.4) is 0 Å². The molecule has 0 aromatic carbocycles. The molecule has 0 aliphatic heterocycles. The van der Waals surface area contributed by atoms with E-state index in [4.69, 9.17) is 0 Å². The normalized spacial score (nSPS) is 13.3. The second-order valence-corrected chi connectivity index (χ2v) is 16.9. The van der Waals surface area contributed by atoms with E-state index in [-0.39, 0.29) is 12.5 Å². The number of carbonyl (C=O) groups is 1. The Bertz CT molecular complexity index is 893. The summed E-state index contributed by atoms with van der Waals surface area (Å²) in [7, 11) is 0. The van der Waals surface area contributed by atoms with Gasteiger partial charge in [-0.25, -0.2) is 0 Å². The quantitative estimate of drug-likeness (QED) is 0.0425. The van der Waals surface area contributed by atoms with Gasteiger partial charge in [-0.05, 0) is 57.8 Å². The number of carbonyl (C=O) groups excluding carboxylic acids is 1. The number of allylic oxidation sites excluding steroid dienone is 7. The predicted molar refractivity (Wildman–Crippen MR) is 248 cm³/mol. The lowest BCUT2D eigenvalue weighted by Gasteiger charge is -2.20. The molecule has 0 aromatic heterocycles. The van der Waals surface area contributed by atoms with Crippen LogP contribution in [-0.4, -0.2) is 34.9 Å². The second-order valence-electron chi connectivity index (χ2n) is 16.9. The lowest BCUT2D eigenvalue weighted by molar-refractivity contribution is -0.123. The van der Waals surface area contributed by atoms with Crippen LogP contribution in [0.1, 0.15) is 258 Å². The van der Waals surface area contributed by atoms with Crippen LogP contribution in [0.15, 0.2) is 48.6 Å². The maximum absolute atomic E-state index is 12.4. The molecule has 0 fully saturated rings. The van der Waals surface area contributed by atoms with E-state index in [1.165, 1.54) is 199 Å². The summed E-state index contributed by atoms with van der Waals surface area (Å²) in [5, 5.41) is 23.1. The Balaban J connectivity index is 3.54. The summed E-state index contributed by atoms with van der Waals surface area (Å²) in [6, 6.07) is -0.624. The van der Waals surface area contributed by atoms with Crippen molar-refractivity contribution in [1.29, 1.82) is 0 Å². The number of amides is 1. The zero-order chi connectivity index (χ0) is 40.7. The van der Waals surface area contributed by atoms with Crippen molar-refractivity contribution in [2.45, 2.75) is 270 Å². The summed E-state index contributed by atoms with van der Waals surface area (Å²) in [6.07, 6.45) is 65.2. The highest BCUT2D eigenvalue weighted by atomic mass is 16.3. The molecule has 0 radical (unpaired) electrons. The van der Waals surface area contributed by atoms with Crippen LogP contribution in [0, 0.1) is 0 Å². The third kappa shape index (κ3) is 43.5. The smallest absolute Gasteiger partial charge is 0.220 e. The Labute approximate surface area is 350 Å². The number of hydrogen-bond acceptors (Lipinski definition) is 3. The number of aliphatic hydroxyl groups is 2. The minimum atomic E-state index is -0.840. The molecule has 4 heteroatoms. The van der Waals surface area contributed by atoms with Gasteiger partial charge in [-0.15, -0.1) is 0 Å². The Morgan fingerprint density at radius 1 is 0.429 bits per heavy atom. The molecule has 0 heterocycles. The van der Waals surface area contributed by atoms with Gasteiger partial charge in [0.25, 0.3) is 0 Å². The lowest BCUT2D eigenvalue weighted by atomic mass is 10.0. The molecular weight excluding hydrogens is 687 g/mol. The molecule has 0 aromatic rings. The number of nitrogens with one attached hydrogen (secondary N) is 1. The van der Waals surface area contributed by atoms with Crippen molar-refractivity contribution in [3.8, 4) is 0 Å². The van der Waals surface area contributed by atoms with Gasteiger partial charge in [0.05, 0.1) is 18.8 Å². The third-order valence-corrected chi connectivity index (χ3v) is 11.3. The summed E-state index contributed by atoms with van der Waals surface area (Å²) in [4.78, 5) is 12.4. The second kappa shape index (κ2) is 47.7. The molecule has 0 saturated heterocycles. The predicted octanol–water partition coefficient (Wildman–Crippen LogP) is 15.9. The first-order valence-electron chi connectivity index (χ1n) is 24.9. The van der Waals surface area contributed by atoms with Crippen LogP contribution in [0.4, 0.5) is 0 Å². The van der Waals surface area contributed by atoms with Crippen molar-refractivity contribution in [2.75, 3.05) is 6.61 Å². The molecule has 1 amide bonds. The fourth-order valence-corrected chi connectivity index (χ4v) is 7.48. The van der Waals surface area contributed by atoms with Crippen LogP contribution in [0.25, 0.3) is 0 Å². The van der Waals surface area contributed by atoms with Crippen molar-refractivity contribution in [2.24, 2.45) is 0 Å². The molecule has 0 bridgehead atoms. The first-order chi connectivity index (χ1) is 27.7. The summed E-state index contributed by atoms with van der Waals surface area (Å²) >= 11 is 0. The Morgan fingerprint density at radius 3 is 1.09 bits per heavy atom. The van der Waals surface area contributed by atoms with Crippen molar-refractivity contribution < 1.29 is 15.0 Å². The van der Waals surface area contributed by atoms with Crippen LogP contribution >= 0.6 is 0 Å². The monoisotopic (exact) mass is 784 g/mol. The van der Waals surface area contributed by atoms with Crippen molar-refractivity contribution in [3.05, 3.63) is 48.6 Å². The Morgan fingerprint density at radius 2 is 0.732 bits per heavy atom. The minimum Gasteiger partial charge on any atom is -0.394 e. The number of unbranched alkanes of at least 4 members (excludes halogenated alkanes) is 32. The van der Waals surface area contributed by atoms with Gasteiger partial charge in [0.1, 0.15) is 0 Å². The largest absolute Gasteiger partial charge is 0.394 e. The molecule has 0 aliphatic carbocycles. The van der Waals surface area contributed by atoms with Crippen LogP contribution in [-0.2, 0) is 4.79 Å². The highest BCUT2D eigenvalue weighted by Gasteiger charge is 2.18. The lowest BCUT2D eigenvalue weighted by Crippen LogP contribution is -2.45. The SMILES string of the molecule is CCCCCCC/C=C\C/C=C\C/C=C\CCCCCCCCCCCCCCC(=O)NC(CO)C(O)/C=C/CCCCCCCCCCCCCCCCC. The Kier molecular flexibility index (Phi) is 46.3. The van der Waals surface area contributed by atoms with Crippen LogP contribution < -0.4 is 5.32 Å². The van der Waals surface area contributed by atoms with Gasteiger partial charge >= 0.3 is 0 Å². The van der Waals surface area contributed by atoms with E-state index < -0.39 is 12.1 Å². The minimum absolute atomic E-state index is 0.0652. The molecule has 0 aliphatic rings. The van der Waals surface area contributed by atoms with E-state index >= 15 is 0 Å². The zero-order valence-electron chi connectivity index (χ0n) is 37.7. The molecule has 3 N–H and O–H groups in total. The van der Waals surface area contributed by atoms with Gasteiger partial charge < -0.3 is 15.5 Å². The third-order valence-electron chi connectivity index (χ3n) is 11.3. The maximum Gasteiger partial charge on any atom is 0.220 e. The first-order valence-corrected chi connectivity index (χ1v) is 24.9. The van der Waals surface area contributed by atoms with Gasteiger partial charge in [-0.1, -0.05) is 242 Å². The van der Waals surface area contributed by atoms with Crippen molar-refractivity contribution in [1.82, 2.24) is 5.32 Å². The highest BCUT2D eigenvalue weighted by molar-refractivity contribution is 5.76. The van der Waals surface area contributed by atoms with E-state index in [0.29, 0.717) is 6.42 Å². The topological polar surface area (TPSA) is 69.6 Å². The average molecular weight is 784 g/mol. The van der Waals surface area contributed by atoms with Crippen molar-refractivity contribution in [3.63, 3.8) is 0 Å². The first kappa shape index (κ1) is 54.3. The molecule has 0 saturated carbocycles. The molecule has 0 rings (SSSR count).